The molecule has 11 heteroatoms. The van der Waals surface area contributed by atoms with Crippen LogP contribution in [-0.4, -0.2) is 77.5 Å². The van der Waals surface area contributed by atoms with E-state index in [0.29, 0.717) is 19.4 Å². The number of benzene rings is 2. The summed E-state index contributed by atoms with van der Waals surface area (Å²) in [6.45, 7) is 8.94. The number of carbonyl (C=O) groups is 5. The third kappa shape index (κ3) is 12.2. The highest BCUT2D eigenvalue weighted by Gasteiger charge is 2.50. The Morgan fingerprint density at radius 3 is 1.70 bits per heavy atom. The van der Waals surface area contributed by atoms with Gasteiger partial charge in [0.25, 0.3) is 0 Å². The number of amides is 4. The third-order valence-electron chi connectivity index (χ3n) is 8.05. The number of epoxide rings is 1. The van der Waals surface area contributed by atoms with Crippen LogP contribution in [0.5, 0.6) is 0 Å². The first-order chi connectivity index (χ1) is 22.3. The van der Waals surface area contributed by atoms with Gasteiger partial charge in [0.2, 0.25) is 23.6 Å². The van der Waals surface area contributed by atoms with Crippen molar-refractivity contribution in [1.29, 1.82) is 0 Å². The van der Waals surface area contributed by atoms with E-state index in [1.807, 2.05) is 88.4 Å². The van der Waals surface area contributed by atoms with Crippen molar-refractivity contribution in [2.75, 3.05) is 13.2 Å². The summed E-state index contributed by atoms with van der Waals surface area (Å²) in [7, 11) is 0. The van der Waals surface area contributed by atoms with Crippen LogP contribution in [0, 0.1) is 11.8 Å². The number of nitrogens with one attached hydrogen (secondary N) is 4. The van der Waals surface area contributed by atoms with E-state index in [0.717, 1.165) is 11.1 Å². The fourth-order valence-corrected chi connectivity index (χ4v) is 5.37. The predicted molar refractivity (Wildman–Crippen MR) is 178 cm³/mol. The summed E-state index contributed by atoms with van der Waals surface area (Å²) in [5, 5.41) is 20.4. The zero-order valence-electron chi connectivity index (χ0n) is 28.1. The maximum atomic E-state index is 13.8. The summed E-state index contributed by atoms with van der Waals surface area (Å²) in [5.41, 5.74) is 0.834. The maximum absolute atomic E-state index is 13.8. The number of aliphatic hydroxyl groups excluding tert-OH is 1. The number of ketones is 1. The topological polar surface area (TPSA) is 166 Å². The average Bonchev–Trinajstić information content (AvgIpc) is 3.80. The lowest BCUT2D eigenvalue weighted by atomic mass is 9.93. The van der Waals surface area contributed by atoms with Gasteiger partial charge in [-0.3, -0.25) is 24.0 Å². The van der Waals surface area contributed by atoms with Crippen molar-refractivity contribution in [2.45, 2.75) is 96.5 Å². The molecule has 3 rings (SSSR count). The van der Waals surface area contributed by atoms with Crippen LogP contribution in [0.1, 0.15) is 65.0 Å². The van der Waals surface area contributed by atoms with Gasteiger partial charge in [0.15, 0.2) is 5.78 Å². The van der Waals surface area contributed by atoms with Crippen LogP contribution in [-0.2, 0) is 41.6 Å². The standard InChI is InChI=1S/C36H50N4O7/c1-23(2)18-28(32(43)36(5)22-47-36)38-35(46)30(20-26-14-10-7-11-15-26)40-34(45)29(19-24(3)4)39-33(44)27(37-31(42)21-41)17-16-25-12-8-6-9-13-25/h6-15,23-24,27-30,41H,16-22H2,1-5H3,(H,37,42)(H,38,46)(H,39,44)(H,40,45)/t27-,28-,29-,30-,36+/m0/s1. The van der Waals surface area contributed by atoms with E-state index in [1.165, 1.54) is 0 Å². The monoisotopic (exact) mass is 650 g/mol. The Kier molecular flexibility index (Phi) is 14.1. The molecule has 5 atom stereocenters. The summed E-state index contributed by atoms with van der Waals surface area (Å²) in [5.74, 6) is -2.47. The number of hydrogen-bond acceptors (Lipinski definition) is 7. The highest BCUT2D eigenvalue weighted by Crippen LogP contribution is 2.29. The summed E-state index contributed by atoms with van der Waals surface area (Å²) >= 11 is 0. The normalized spacial score (nSPS) is 18.0. The van der Waals surface area contributed by atoms with Gasteiger partial charge < -0.3 is 31.1 Å². The van der Waals surface area contributed by atoms with Crippen LogP contribution >= 0.6 is 0 Å². The number of aryl methyl sites for hydroxylation is 1. The molecule has 1 heterocycles. The van der Waals surface area contributed by atoms with E-state index in [1.54, 1.807) is 6.92 Å². The zero-order chi connectivity index (χ0) is 34.6. The van der Waals surface area contributed by atoms with Crippen molar-refractivity contribution in [3.05, 3.63) is 71.8 Å². The Morgan fingerprint density at radius 2 is 1.17 bits per heavy atom. The van der Waals surface area contributed by atoms with Crippen molar-refractivity contribution < 1.29 is 33.8 Å². The van der Waals surface area contributed by atoms with Crippen LogP contribution < -0.4 is 21.3 Å². The molecule has 0 spiro atoms. The second kappa shape index (κ2) is 17.7. The SMILES string of the molecule is CC(C)C[C@H](NC(=O)[C@H](CCc1ccccc1)NC(=O)CO)C(=O)N[C@@H](Cc1ccccc1)C(=O)N[C@@H](CC(C)C)C(=O)[C@@]1(C)CO1. The first kappa shape index (κ1) is 37.4. The number of Topliss-reactive ketones (excluding diaryl/α,β-unsaturated/α-hetero) is 1. The van der Waals surface area contributed by atoms with Crippen molar-refractivity contribution in [3.8, 4) is 0 Å². The minimum atomic E-state index is -1.05. The Hall–Kier alpha value is -4.09. The van der Waals surface area contributed by atoms with Gasteiger partial charge in [-0.05, 0) is 55.6 Å². The average molecular weight is 651 g/mol. The van der Waals surface area contributed by atoms with E-state index in [2.05, 4.69) is 21.3 Å². The molecule has 0 aromatic heterocycles. The van der Waals surface area contributed by atoms with Gasteiger partial charge in [-0.15, -0.1) is 0 Å². The van der Waals surface area contributed by atoms with E-state index >= 15 is 0 Å². The summed E-state index contributed by atoms with van der Waals surface area (Å²) in [6, 6.07) is 14.8. The van der Waals surface area contributed by atoms with Crippen LogP contribution in [0.3, 0.4) is 0 Å². The van der Waals surface area contributed by atoms with Gasteiger partial charge in [0.05, 0.1) is 12.6 Å². The van der Waals surface area contributed by atoms with Crippen LogP contribution in [0.15, 0.2) is 60.7 Å². The molecule has 5 N–H and O–H groups in total. The molecule has 47 heavy (non-hydrogen) atoms. The van der Waals surface area contributed by atoms with Crippen LogP contribution in [0.4, 0.5) is 0 Å². The molecular formula is C36H50N4O7. The van der Waals surface area contributed by atoms with Gasteiger partial charge in [0.1, 0.15) is 30.3 Å². The summed E-state index contributed by atoms with van der Waals surface area (Å²) in [6.07, 6.45) is 1.55. The zero-order valence-corrected chi connectivity index (χ0v) is 28.1. The van der Waals surface area contributed by atoms with Gasteiger partial charge in [-0.1, -0.05) is 88.4 Å². The molecule has 2 aromatic rings. The highest BCUT2D eigenvalue weighted by molar-refractivity contribution is 5.98. The molecule has 1 fully saturated rings. The Bertz CT molecular complexity index is 1350. The van der Waals surface area contributed by atoms with Crippen molar-refractivity contribution in [2.24, 2.45) is 11.8 Å². The second-order valence-corrected chi connectivity index (χ2v) is 13.3. The second-order valence-electron chi connectivity index (χ2n) is 13.3. The minimum Gasteiger partial charge on any atom is -0.387 e. The minimum absolute atomic E-state index is 0.00502. The molecule has 0 radical (unpaired) electrons. The number of ether oxygens (including phenoxy) is 1. The molecular weight excluding hydrogens is 600 g/mol. The number of carbonyl (C=O) groups excluding carboxylic acids is 5. The smallest absolute Gasteiger partial charge is 0.246 e. The quantitative estimate of drug-likeness (QED) is 0.146. The highest BCUT2D eigenvalue weighted by atomic mass is 16.6. The Balaban J connectivity index is 1.81. The van der Waals surface area contributed by atoms with E-state index in [9.17, 15) is 29.1 Å². The molecule has 1 aliphatic heterocycles. The summed E-state index contributed by atoms with van der Waals surface area (Å²) < 4.78 is 5.37. The molecule has 4 amide bonds. The van der Waals surface area contributed by atoms with E-state index in [4.69, 9.17) is 4.74 Å². The molecule has 11 nitrogen and oxygen atoms in total. The van der Waals surface area contributed by atoms with Crippen molar-refractivity contribution >= 4 is 29.4 Å². The predicted octanol–water partition coefficient (Wildman–Crippen LogP) is 2.24. The third-order valence-corrected chi connectivity index (χ3v) is 8.05. The lowest BCUT2D eigenvalue weighted by molar-refractivity contribution is -0.135. The molecule has 0 aliphatic carbocycles. The van der Waals surface area contributed by atoms with E-state index in [-0.39, 0.29) is 36.9 Å². The van der Waals surface area contributed by atoms with Gasteiger partial charge in [-0.25, -0.2) is 0 Å². The first-order valence-corrected chi connectivity index (χ1v) is 16.4. The Morgan fingerprint density at radius 1 is 0.702 bits per heavy atom. The van der Waals surface area contributed by atoms with Gasteiger partial charge in [-0.2, -0.15) is 0 Å². The molecule has 0 bridgehead atoms. The molecule has 1 aliphatic rings. The molecule has 0 saturated carbocycles. The van der Waals surface area contributed by atoms with Crippen molar-refractivity contribution in [1.82, 2.24) is 21.3 Å². The van der Waals surface area contributed by atoms with E-state index < -0.39 is 60.0 Å². The van der Waals surface area contributed by atoms with Crippen LogP contribution in [0.2, 0.25) is 0 Å². The number of aliphatic hydroxyl groups is 1. The molecule has 256 valence electrons. The molecule has 2 aromatic carbocycles. The fraction of sp³-hybridized carbons (Fsp3) is 0.528. The first-order valence-electron chi connectivity index (χ1n) is 16.4. The van der Waals surface area contributed by atoms with Gasteiger partial charge in [0, 0.05) is 6.42 Å². The van der Waals surface area contributed by atoms with Crippen LogP contribution in [0.25, 0.3) is 0 Å². The lowest BCUT2D eigenvalue weighted by Crippen LogP contribution is -2.59. The molecule has 1 saturated heterocycles. The largest absolute Gasteiger partial charge is 0.387 e. The maximum Gasteiger partial charge on any atom is 0.246 e. The fourth-order valence-electron chi connectivity index (χ4n) is 5.37. The van der Waals surface area contributed by atoms with Crippen molar-refractivity contribution in [3.63, 3.8) is 0 Å². The van der Waals surface area contributed by atoms with Gasteiger partial charge >= 0.3 is 0 Å². The summed E-state index contributed by atoms with van der Waals surface area (Å²) in [4.78, 5) is 66.5. The lowest BCUT2D eigenvalue weighted by Gasteiger charge is -2.28. The number of rotatable bonds is 19. The molecule has 0 unspecified atom stereocenters. The number of hydrogen-bond donors (Lipinski definition) is 5. The Labute approximate surface area is 277 Å².